The van der Waals surface area contributed by atoms with E-state index in [0.29, 0.717) is 0 Å². The first kappa shape index (κ1) is 12.9. The molecule has 0 amide bonds. The van der Waals surface area contributed by atoms with Gasteiger partial charge in [0.15, 0.2) is 0 Å². The van der Waals surface area contributed by atoms with Crippen LogP contribution >= 0.6 is 0 Å². The van der Waals surface area contributed by atoms with Crippen molar-refractivity contribution in [1.82, 2.24) is 0 Å². The zero-order chi connectivity index (χ0) is 12.0. The Kier molecular flexibility index (Phi) is 5.17. The smallest absolute Gasteiger partial charge is 0.122 e. The second kappa shape index (κ2) is 6.41. The molecule has 2 nitrogen and oxygen atoms in total. The molecule has 0 fully saturated rings. The number of ether oxygens (including phenoxy) is 1. The monoisotopic (exact) mass is 221 g/mol. The average Bonchev–Trinajstić information content (AvgIpc) is 2.25. The number of hydrogen-bond acceptors (Lipinski definition) is 2. The summed E-state index contributed by atoms with van der Waals surface area (Å²) in [5.74, 6) is 0.975. The minimum Gasteiger partial charge on any atom is -0.493 e. The van der Waals surface area contributed by atoms with Crippen LogP contribution in [0.25, 0.3) is 0 Å². The molecule has 16 heavy (non-hydrogen) atoms. The molecule has 1 rings (SSSR count). The van der Waals surface area contributed by atoms with Gasteiger partial charge in [0, 0.05) is 5.69 Å². The molecule has 0 heterocycles. The Hall–Kier alpha value is -1.18. The zero-order valence-corrected chi connectivity index (χ0v) is 10.7. The molecule has 0 aliphatic rings. The van der Waals surface area contributed by atoms with Crippen LogP contribution in [0.5, 0.6) is 5.75 Å². The van der Waals surface area contributed by atoms with Crippen molar-refractivity contribution in [3.05, 3.63) is 23.3 Å². The fourth-order valence-corrected chi connectivity index (χ4v) is 1.68. The van der Waals surface area contributed by atoms with E-state index in [0.717, 1.165) is 35.6 Å². The molecule has 0 aromatic heterocycles. The molecule has 0 radical (unpaired) electrons. The van der Waals surface area contributed by atoms with E-state index in [9.17, 15) is 0 Å². The first-order chi connectivity index (χ1) is 7.65. The van der Waals surface area contributed by atoms with Gasteiger partial charge in [-0.3, -0.25) is 0 Å². The maximum absolute atomic E-state index is 5.83. The minimum atomic E-state index is 0.810. The van der Waals surface area contributed by atoms with Crippen molar-refractivity contribution in [3.8, 4) is 5.75 Å². The first-order valence-corrected chi connectivity index (χ1v) is 6.14. The molecule has 0 saturated carbocycles. The summed E-state index contributed by atoms with van der Waals surface area (Å²) in [6, 6.07) is 4.02. The van der Waals surface area contributed by atoms with Gasteiger partial charge in [0.2, 0.25) is 0 Å². The topological polar surface area (TPSA) is 35.2 Å². The van der Waals surface area contributed by atoms with Crippen molar-refractivity contribution in [2.45, 2.75) is 46.5 Å². The zero-order valence-electron chi connectivity index (χ0n) is 10.7. The summed E-state index contributed by atoms with van der Waals surface area (Å²) in [5, 5.41) is 0. The Morgan fingerprint density at radius 2 is 1.81 bits per heavy atom. The number of rotatable bonds is 6. The van der Waals surface area contributed by atoms with Crippen molar-refractivity contribution >= 4 is 5.69 Å². The molecule has 1 aromatic rings. The number of aryl methyl sites for hydroxylation is 2. The van der Waals surface area contributed by atoms with Gasteiger partial charge in [0.25, 0.3) is 0 Å². The number of nitrogens with two attached hydrogens (primary N) is 1. The lowest BCUT2D eigenvalue weighted by Crippen LogP contribution is -2.00. The lowest BCUT2D eigenvalue weighted by molar-refractivity contribution is 0.303. The molecule has 0 spiro atoms. The van der Waals surface area contributed by atoms with Crippen molar-refractivity contribution in [1.29, 1.82) is 0 Å². The second-order valence-electron chi connectivity index (χ2n) is 4.38. The quantitative estimate of drug-likeness (QED) is 0.585. The molecule has 0 unspecified atom stereocenters. The highest BCUT2D eigenvalue weighted by Crippen LogP contribution is 2.24. The normalized spacial score (nSPS) is 10.4. The maximum Gasteiger partial charge on any atom is 0.122 e. The SMILES string of the molecule is CCCCCCOc1cc(C)c(N)cc1C. The van der Waals surface area contributed by atoms with E-state index in [1.54, 1.807) is 0 Å². The van der Waals surface area contributed by atoms with E-state index in [2.05, 4.69) is 6.92 Å². The van der Waals surface area contributed by atoms with Crippen LogP contribution in [0.2, 0.25) is 0 Å². The Bertz CT molecular complexity index is 334. The van der Waals surface area contributed by atoms with Gasteiger partial charge in [-0.2, -0.15) is 0 Å². The van der Waals surface area contributed by atoms with Crippen molar-refractivity contribution < 1.29 is 4.74 Å². The minimum absolute atomic E-state index is 0.810. The van der Waals surface area contributed by atoms with Crippen LogP contribution in [0.1, 0.15) is 43.7 Å². The molecule has 90 valence electrons. The molecule has 0 aliphatic heterocycles. The standard InChI is InChI=1S/C14H23NO/c1-4-5-6-7-8-16-14-10-11(2)13(15)9-12(14)3/h9-10H,4-8,15H2,1-3H3. The van der Waals surface area contributed by atoms with Crippen LogP contribution in [0, 0.1) is 13.8 Å². The molecule has 2 heteroatoms. The Morgan fingerprint density at radius 1 is 1.06 bits per heavy atom. The third-order valence-electron chi connectivity index (χ3n) is 2.82. The van der Waals surface area contributed by atoms with E-state index in [1.165, 1.54) is 19.3 Å². The van der Waals surface area contributed by atoms with Gasteiger partial charge in [-0.1, -0.05) is 26.2 Å². The highest BCUT2D eigenvalue weighted by Gasteiger charge is 2.02. The van der Waals surface area contributed by atoms with Crippen molar-refractivity contribution in [3.63, 3.8) is 0 Å². The third-order valence-corrected chi connectivity index (χ3v) is 2.82. The Morgan fingerprint density at radius 3 is 2.50 bits per heavy atom. The third kappa shape index (κ3) is 3.76. The Labute approximate surface area is 98.8 Å². The summed E-state index contributed by atoms with van der Waals surface area (Å²) in [7, 11) is 0. The van der Waals surface area contributed by atoms with Gasteiger partial charge in [-0.05, 0) is 43.5 Å². The average molecular weight is 221 g/mol. The summed E-state index contributed by atoms with van der Waals surface area (Å²) in [6.45, 7) is 7.08. The molecule has 0 bridgehead atoms. The summed E-state index contributed by atoms with van der Waals surface area (Å²) in [4.78, 5) is 0. The number of nitrogen functional groups attached to an aromatic ring is 1. The van der Waals surface area contributed by atoms with E-state index < -0.39 is 0 Å². The maximum atomic E-state index is 5.83. The van der Waals surface area contributed by atoms with Crippen LogP contribution in [0.15, 0.2) is 12.1 Å². The summed E-state index contributed by atoms with van der Waals surface area (Å²) < 4.78 is 5.76. The van der Waals surface area contributed by atoms with Crippen LogP contribution in [0.4, 0.5) is 5.69 Å². The highest BCUT2D eigenvalue weighted by atomic mass is 16.5. The van der Waals surface area contributed by atoms with Crippen molar-refractivity contribution in [2.24, 2.45) is 0 Å². The predicted molar refractivity (Wildman–Crippen MR) is 70.0 cm³/mol. The molecule has 2 N–H and O–H groups in total. The van der Waals surface area contributed by atoms with Crippen LogP contribution < -0.4 is 10.5 Å². The fraction of sp³-hybridized carbons (Fsp3) is 0.571. The summed E-state index contributed by atoms with van der Waals surface area (Å²) >= 11 is 0. The molecular weight excluding hydrogens is 198 g/mol. The number of unbranched alkanes of at least 4 members (excludes halogenated alkanes) is 3. The van der Waals surface area contributed by atoms with Gasteiger partial charge in [-0.15, -0.1) is 0 Å². The van der Waals surface area contributed by atoms with E-state index in [4.69, 9.17) is 10.5 Å². The molecular formula is C14H23NO. The van der Waals surface area contributed by atoms with Crippen LogP contribution in [0.3, 0.4) is 0 Å². The van der Waals surface area contributed by atoms with Crippen molar-refractivity contribution in [2.75, 3.05) is 12.3 Å². The fourth-order valence-electron chi connectivity index (χ4n) is 1.68. The number of hydrogen-bond donors (Lipinski definition) is 1. The highest BCUT2D eigenvalue weighted by molar-refractivity contribution is 5.53. The molecule has 1 aromatic carbocycles. The summed E-state index contributed by atoms with van der Waals surface area (Å²) in [6.07, 6.45) is 4.95. The molecule has 0 aliphatic carbocycles. The van der Waals surface area contributed by atoms with Gasteiger partial charge >= 0.3 is 0 Å². The first-order valence-electron chi connectivity index (χ1n) is 6.14. The lowest BCUT2D eigenvalue weighted by Gasteiger charge is -2.11. The Balaban J connectivity index is 2.45. The predicted octanol–water partition coefficient (Wildman–Crippen LogP) is 3.84. The lowest BCUT2D eigenvalue weighted by atomic mass is 10.1. The van der Waals surface area contributed by atoms with Gasteiger partial charge in [0.05, 0.1) is 6.61 Å². The van der Waals surface area contributed by atoms with Crippen LogP contribution in [-0.2, 0) is 0 Å². The van der Waals surface area contributed by atoms with Gasteiger partial charge in [-0.25, -0.2) is 0 Å². The van der Waals surface area contributed by atoms with E-state index >= 15 is 0 Å². The number of benzene rings is 1. The second-order valence-corrected chi connectivity index (χ2v) is 4.38. The van der Waals surface area contributed by atoms with Gasteiger partial charge < -0.3 is 10.5 Å². The molecule has 0 atom stereocenters. The van der Waals surface area contributed by atoms with Gasteiger partial charge in [0.1, 0.15) is 5.75 Å². The largest absolute Gasteiger partial charge is 0.493 e. The number of anilines is 1. The molecule has 0 saturated heterocycles. The van der Waals surface area contributed by atoms with E-state index in [1.807, 2.05) is 26.0 Å². The van der Waals surface area contributed by atoms with E-state index in [-0.39, 0.29) is 0 Å². The summed E-state index contributed by atoms with van der Waals surface area (Å²) in [5.41, 5.74) is 8.89. The van der Waals surface area contributed by atoms with Crippen LogP contribution in [-0.4, -0.2) is 6.61 Å².